The van der Waals surface area contributed by atoms with Gasteiger partial charge in [-0.3, -0.25) is 9.78 Å². The summed E-state index contributed by atoms with van der Waals surface area (Å²) in [5.41, 5.74) is 9.78. The fourth-order valence-electron chi connectivity index (χ4n) is 5.42. The molecule has 2 aromatic heterocycles. The molecule has 6 nitrogen and oxygen atoms in total. The molecule has 1 saturated heterocycles. The Bertz CT molecular complexity index is 1460. The van der Waals surface area contributed by atoms with Gasteiger partial charge in [0.1, 0.15) is 0 Å². The molecule has 2 atom stereocenters. The van der Waals surface area contributed by atoms with Crippen LogP contribution in [-0.4, -0.2) is 20.6 Å². The molecular formula is C30H31N5OS. The van der Waals surface area contributed by atoms with E-state index in [-0.39, 0.29) is 18.0 Å². The third kappa shape index (κ3) is 4.74. The number of aryl methyl sites for hydroxylation is 3. The highest BCUT2D eigenvalue weighted by atomic mass is 32.1. The number of hydrogen-bond acceptors (Lipinski definition) is 3. The van der Waals surface area contributed by atoms with Crippen LogP contribution >= 0.6 is 12.2 Å². The zero-order valence-corrected chi connectivity index (χ0v) is 22.6. The van der Waals surface area contributed by atoms with Crippen LogP contribution in [0.25, 0.3) is 5.69 Å². The largest absolute Gasteiger partial charge is 0.351 e. The van der Waals surface area contributed by atoms with Crippen LogP contribution < -0.4 is 15.5 Å². The Morgan fingerprint density at radius 1 is 0.946 bits per heavy atom. The first-order valence-corrected chi connectivity index (χ1v) is 12.8. The number of pyridine rings is 1. The third-order valence-corrected chi connectivity index (χ3v) is 7.13. The molecule has 37 heavy (non-hydrogen) atoms. The predicted molar refractivity (Wildman–Crippen MR) is 153 cm³/mol. The number of aromatic nitrogens is 2. The van der Waals surface area contributed by atoms with Gasteiger partial charge in [0.05, 0.1) is 17.8 Å². The molecule has 0 spiro atoms. The zero-order chi connectivity index (χ0) is 26.3. The Hall–Kier alpha value is -3.97. The van der Waals surface area contributed by atoms with Crippen LogP contribution in [0.2, 0.25) is 0 Å². The summed E-state index contributed by atoms with van der Waals surface area (Å²) in [4.78, 5) is 18.4. The van der Waals surface area contributed by atoms with Crippen LogP contribution in [-0.2, 0) is 4.79 Å². The number of thiocarbonyl (C=S) groups is 1. The van der Waals surface area contributed by atoms with Crippen LogP contribution in [0.5, 0.6) is 0 Å². The highest BCUT2D eigenvalue weighted by Gasteiger charge is 2.42. The Kier molecular flexibility index (Phi) is 6.56. The summed E-state index contributed by atoms with van der Waals surface area (Å²) < 4.78 is 2.32. The van der Waals surface area contributed by atoms with E-state index in [4.69, 9.17) is 12.2 Å². The van der Waals surface area contributed by atoms with Crippen LogP contribution in [0.1, 0.15) is 52.8 Å². The predicted octanol–water partition coefficient (Wildman–Crippen LogP) is 6.24. The van der Waals surface area contributed by atoms with Gasteiger partial charge in [0.25, 0.3) is 0 Å². The molecule has 1 amide bonds. The second kappa shape index (κ2) is 9.82. The lowest BCUT2D eigenvalue weighted by molar-refractivity contribution is -0.114. The summed E-state index contributed by atoms with van der Waals surface area (Å²) >= 11 is 5.90. The first-order chi connectivity index (χ1) is 17.7. The van der Waals surface area contributed by atoms with Gasteiger partial charge in [-0.05, 0) is 111 Å². The van der Waals surface area contributed by atoms with Crippen molar-refractivity contribution in [2.24, 2.45) is 0 Å². The second-order valence-corrected chi connectivity index (χ2v) is 10.1. The number of anilines is 2. The summed E-state index contributed by atoms with van der Waals surface area (Å²) in [7, 11) is 0. The molecule has 0 bridgehead atoms. The molecule has 3 heterocycles. The number of nitrogens with one attached hydrogen (secondary N) is 2. The quantitative estimate of drug-likeness (QED) is 0.312. The molecule has 1 aliphatic heterocycles. The van der Waals surface area contributed by atoms with E-state index in [2.05, 4.69) is 77.0 Å². The lowest BCUT2D eigenvalue weighted by Gasteiger charge is -2.28. The number of carbonyl (C=O) groups excluding carboxylic acids is 1. The third-order valence-electron chi connectivity index (χ3n) is 6.82. The number of hydrogen-bond donors (Lipinski definition) is 2. The number of carbonyl (C=O) groups is 1. The van der Waals surface area contributed by atoms with E-state index in [1.165, 1.54) is 29.3 Å². The fourth-order valence-corrected chi connectivity index (χ4v) is 5.77. The molecular weight excluding hydrogens is 478 g/mol. The van der Waals surface area contributed by atoms with E-state index in [0.29, 0.717) is 5.11 Å². The SMILES string of the molecule is CC(=O)Nc1ccc(N2C(=S)N[C@@H](c3ccccn3)[C@@H]2c2cc(C)n(-c3cc(C)cc(C)c3)c2C)cc1. The maximum atomic E-state index is 11.5. The first-order valence-electron chi connectivity index (χ1n) is 12.4. The normalized spacial score (nSPS) is 17.1. The smallest absolute Gasteiger partial charge is 0.221 e. The van der Waals surface area contributed by atoms with Crippen LogP contribution in [0.4, 0.5) is 11.4 Å². The zero-order valence-electron chi connectivity index (χ0n) is 21.7. The highest BCUT2D eigenvalue weighted by molar-refractivity contribution is 7.80. The maximum absolute atomic E-state index is 11.5. The van der Waals surface area contributed by atoms with Gasteiger partial charge < -0.3 is 20.1 Å². The van der Waals surface area contributed by atoms with Gasteiger partial charge in [-0.25, -0.2) is 0 Å². The Morgan fingerprint density at radius 2 is 1.65 bits per heavy atom. The molecule has 2 aromatic carbocycles. The number of nitrogens with zero attached hydrogens (tertiary/aromatic N) is 3. The van der Waals surface area contributed by atoms with Crippen molar-refractivity contribution >= 4 is 34.6 Å². The van der Waals surface area contributed by atoms with Crippen molar-refractivity contribution in [3.05, 3.63) is 107 Å². The van der Waals surface area contributed by atoms with Crippen LogP contribution in [0.3, 0.4) is 0 Å². The Labute approximate surface area is 223 Å². The van der Waals surface area contributed by atoms with Crippen molar-refractivity contribution in [3.8, 4) is 5.69 Å². The van der Waals surface area contributed by atoms with Crippen molar-refractivity contribution < 1.29 is 4.79 Å². The highest BCUT2D eigenvalue weighted by Crippen LogP contribution is 2.44. The average molecular weight is 510 g/mol. The maximum Gasteiger partial charge on any atom is 0.221 e. The van der Waals surface area contributed by atoms with Gasteiger partial charge in [0.15, 0.2) is 5.11 Å². The van der Waals surface area contributed by atoms with Gasteiger partial charge in [-0.1, -0.05) is 12.1 Å². The summed E-state index contributed by atoms with van der Waals surface area (Å²) in [6.45, 7) is 10.1. The molecule has 0 unspecified atom stereocenters. The summed E-state index contributed by atoms with van der Waals surface area (Å²) in [5, 5.41) is 7.03. The van der Waals surface area contributed by atoms with Gasteiger partial charge in [0, 0.05) is 41.6 Å². The summed E-state index contributed by atoms with van der Waals surface area (Å²) in [5.74, 6) is -0.0990. The minimum absolute atomic E-state index is 0.0990. The van der Waals surface area contributed by atoms with Crippen molar-refractivity contribution in [2.75, 3.05) is 10.2 Å². The van der Waals surface area contributed by atoms with E-state index in [9.17, 15) is 4.79 Å². The van der Waals surface area contributed by atoms with Crippen molar-refractivity contribution in [2.45, 2.75) is 46.7 Å². The molecule has 5 rings (SSSR count). The number of benzene rings is 2. The van der Waals surface area contributed by atoms with Gasteiger partial charge >= 0.3 is 0 Å². The summed E-state index contributed by atoms with van der Waals surface area (Å²) in [6, 6.07) is 22.5. The van der Waals surface area contributed by atoms with E-state index < -0.39 is 0 Å². The second-order valence-electron chi connectivity index (χ2n) is 9.73. The molecule has 4 aromatic rings. The lowest BCUT2D eigenvalue weighted by atomic mass is 9.96. The van der Waals surface area contributed by atoms with Crippen molar-refractivity contribution in [3.63, 3.8) is 0 Å². The Morgan fingerprint density at radius 3 is 2.27 bits per heavy atom. The van der Waals surface area contributed by atoms with Crippen LogP contribution in [0.15, 0.2) is 72.9 Å². The summed E-state index contributed by atoms with van der Waals surface area (Å²) in [6.07, 6.45) is 1.82. The van der Waals surface area contributed by atoms with Crippen LogP contribution in [0, 0.1) is 27.7 Å². The standard InChI is InChI=1S/C30H31N5OS/c1-18-14-19(2)16-25(15-18)34-20(3)17-26(21(34)4)29-28(27-8-6-7-13-31-27)33-30(37)35(29)24-11-9-23(10-12-24)32-22(5)36/h6-17,28-29H,1-5H3,(H,32,36)(H,33,37)/t28-,29-/m0/s1. The molecule has 0 radical (unpaired) electrons. The first kappa shape index (κ1) is 24.7. The molecule has 1 aliphatic rings. The van der Waals surface area contributed by atoms with Crippen molar-refractivity contribution in [1.82, 2.24) is 14.9 Å². The minimum Gasteiger partial charge on any atom is -0.351 e. The molecule has 2 N–H and O–H groups in total. The van der Waals surface area contributed by atoms with E-state index in [0.717, 1.165) is 28.5 Å². The van der Waals surface area contributed by atoms with Crippen molar-refractivity contribution in [1.29, 1.82) is 0 Å². The molecule has 0 aliphatic carbocycles. The van der Waals surface area contributed by atoms with Gasteiger partial charge in [-0.2, -0.15) is 0 Å². The van der Waals surface area contributed by atoms with E-state index >= 15 is 0 Å². The van der Waals surface area contributed by atoms with Gasteiger partial charge in [-0.15, -0.1) is 0 Å². The topological polar surface area (TPSA) is 62.2 Å². The molecule has 7 heteroatoms. The molecule has 0 saturated carbocycles. The monoisotopic (exact) mass is 509 g/mol. The number of rotatable bonds is 5. The van der Waals surface area contributed by atoms with E-state index in [1.807, 2.05) is 48.7 Å². The molecule has 188 valence electrons. The number of amides is 1. The van der Waals surface area contributed by atoms with Gasteiger partial charge in [0.2, 0.25) is 5.91 Å². The van der Waals surface area contributed by atoms with E-state index in [1.54, 1.807) is 0 Å². The lowest BCUT2D eigenvalue weighted by Crippen LogP contribution is -2.29. The minimum atomic E-state index is -0.128. The molecule has 1 fully saturated rings. The Balaban J connectivity index is 1.64. The average Bonchev–Trinajstić information content (AvgIpc) is 3.34. The fraction of sp³-hybridized carbons (Fsp3) is 0.233.